The van der Waals surface area contributed by atoms with Gasteiger partial charge < -0.3 is 9.88 Å². The molecule has 8 nitrogen and oxygen atoms in total. The van der Waals surface area contributed by atoms with Crippen LogP contribution >= 0.6 is 0 Å². The molecule has 1 amide bonds. The van der Waals surface area contributed by atoms with Crippen molar-refractivity contribution in [1.82, 2.24) is 24.1 Å². The first-order chi connectivity index (χ1) is 16.4. The molecule has 2 aromatic carbocycles. The summed E-state index contributed by atoms with van der Waals surface area (Å²) in [5, 5.41) is 12.1. The summed E-state index contributed by atoms with van der Waals surface area (Å²) in [5.74, 6) is -0.409. The van der Waals surface area contributed by atoms with E-state index in [2.05, 4.69) is 10.4 Å². The smallest absolute Gasteiger partial charge is 0.280 e. The van der Waals surface area contributed by atoms with Crippen molar-refractivity contribution in [3.63, 3.8) is 0 Å². The summed E-state index contributed by atoms with van der Waals surface area (Å²) in [6.45, 7) is 3.32. The van der Waals surface area contributed by atoms with E-state index in [1.54, 1.807) is 24.6 Å². The van der Waals surface area contributed by atoms with E-state index >= 15 is 0 Å². The van der Waals surface area contributed by atoms with Crippen molar-refractivity contribution in [2.45, 2.75) is 19.9 Å². The number of fused-ring (bicyclic) bond motifs is 1. The second-order valence-corrected chi connectivity index (χ2v) is 7.90. The van der Waals surface area contributed by atoms with Gasteiger partial charge in [0, 0.05) is 18.1 Å². The first-order valence-electron chi connectivity index (χ1n) is 10.7. The van der Waals surface area contributed by atoms with Gasteiger partial charge >= 0.3 is 0 Å². The van der Waals surface area contributed by atoms with Crippen LogP contribution in [-0.4, -0.2) is 30.0 Å². The molecular weight excluding hydrogens is 435 g/mol. The SMILES string of the molecule is Cc1nn([C@H](C)C(=O)Nc2cccc(F)c2)c(=O)c2c(-n3cccc3)n(-c3ccccc3)nc12. The highest BCUT2D eigenvalue weighted by molar-refractivity contribution is 5.94. The Balaban J connectivity index is 1.67. The second kappa shape index (κ2) is 8.43. The number of aryl methyl sites for hydroxylation is 1. The normalized spacial score (nSPS) is 12.1. The standard InChI is InChI=1S/C25H21FN6O2/c1-16-22-21(24(30-13-6-7-14-30)32(29-22)20-11-4-3-5-12-20)25(34)31(28-16)17(2)23(33)27-19-10-8-9-18(26)15-19/h3-15,17H,1-2H3,(H,27,33)/t17-/m1/s1. The van der Waals surface area contributed by atoms with Gasteiger partial charge in [0.2, 0.25) is 5.91 Å². The highest BCUT2D eigenvalue weighted by Gasteiger charge is 2.25. The molecule has 0 saturated heterocycles. The van der Waals surface area contributed by atoms with E-state index in [-0.39, 0.29) is 0 Å². The van der Waals surface area contributed by atoms with Crippen LogP contribution in [0.5, 0.6) is 0 Å². The molecule has 0 saturated carbocycles. The fourth-order valence-corrected chi connectivity index (χ4v) is 3.88. The Morgan fingerprint density at radius 2 is 1.74 bits per heavy atom. The van der Waals surface area contributed by atoms with Gasteiger partial charge in [0.25, 0.3) is 5.56 Å². The van der Waals surface area contributed by atoms with Gasteiger partial charge in [0.05, 0.1) is 11.4 Å². The molecule has 0 radical (unpaired) electrons. The molecule has 0 aliphatic heterocycles. The summed E-state index contributed by atoms with van der Waals surface area (Å²) in [4.78, 5) is 26.6. The molecule has 5 aromatic rings. The fraction of sp³-hybridized carbons (Fsp3) is 0.120. The summed E-state index contributed by atoms with van der Waals surface area (Å²) in [6, 6.07) is 17.8. The van der Waals surface area contributed by atoms with E-state index in [9.17, 15) is 14.0 Å². The van der Waals surface area contributed by atoms with Gasteiger partial charge in [-0.3, -0.25) is 9.59 Å². The van der Waals surface area contributed by atoms with Gasteiger partial charge in [0.15, 0.2) is 5.82 Å². The number of nitrogens with one attached hydrogen (secondary N) is 1. The molecule has 9 heteroatoms. The summed E-state index contributed by atoms with van der Waals surface area (Å²) in [5.41, 5.74) is 1.58. The topological polar surface area (TPSA) is 86.7 Å². The monoisotopic (exact) mass is 456 g/mol. The maximum Gasteiger partial charge on any atom is 0.280 e. The van der Waals surface area contributed by atoms with Crippen molar-refractivity contribution in [3.05, 3.63) is 101 Å². The third-order valence-corrected chi connectivity index (χ3v) is 5.57. The third kappa shape index (κ3) is 3.66. The molecule has 34 heavy (non-hydrogen) atoms. The highest BCUT2D eigenvalue weighted by Crippen LogP contribution is 2.25. The maximum absolute atomic E-state index is 13.7. The summed E-state index contributed by atoms with van der Waals surface area (Å²) < 4.78 is 18.2. The van der Waals surface area contributed by atoms with Crippen LogP contribution in [0.3, 0.4) is 0 Å². The number of hydrogen-bond donors (Lipinski definition) is 1. The minimum Gasteiger partial charge on any atom is -0.324 e. The zero-order valence-corrected chi connectivity index (χ0v) is 18.5. The van der Waals surface area contributed by atoms with Crippen LogP contribution in [0.25, 0.3) is 22.4 Å². The minimum absolute atomic E-state index is 0.299. The Hall–Kier alpha value is -4.53. The molecule has 0 aliphatic rings. The van der Waals surface area contributed by atoms with Crippen molar-refractivity contribution in [2.75, 3.05) is 5.32 Å². The molecule has 5 rings (SSSR count). The number of nitrogens with zero attached hydrogens (tertiary/aromatic N) is 5. The number of benzene rings is 2. The third-order valence-electron chi connectivity index (χ3n) is 5.57. The van der Waals surface area contributed by atoms with Gasteiger partial charge in [0.1, 0.15) is 22.8 Å². The minimum atomic E-state index is -0.948. The Labute approximate surface area is 193 Å². The molecule has 3 heterocycles. The predicted octanol–water partition coefficient (Wildman–Crippen LogP) is 4.02. The van der Waals surface area contributed by atoms with Crippen LogP contribution in [0.4, 0.5) is 10.1 Å². The molecule has 0 aliphatic carbocycles. The van der Waals surface area contributed by atoms with Crippen LogP contribution < -0.4 is 10.9 Å². The average Bonchev–Trinajstić information content (AvgIpc) is 3.50. The zero-order valence-electron chi connectivity index (χ0n) is 18.5. The fourth-order valence-electron chi connectivity index (χ4n) is 3.88. The summed E-state index contributed by atoms with van der Waals surface area (Å²) >= 11 is 0. The first-order valence-corrected chi connectivity index (χ1v) is 10.7. The van der Waals surface area contributed by atoms with E-state index in [1.807, 2.05) is 59.4 Å². The number of carbonyl (C=O) groups is 1. The Bertz CT molecular complexity index is 1550. The molecule has 0 unspecified atom stereocenters. The van der Waals surface area contributed by atoms with Crippen molar-refractivity contribution in [3.8, 4) is 11.5 Å². The van der Waals surface area contributed by atoms with Gasteiger partial charge in [-0.25, -0.2) is 13.8 Å². The quantitative estimate of drug-likeness (QED) is 0.433. The van der Waals surface area contributed by atoms with Gasteiger partial charge in [-0.2, -0.15) is 10.2 Å². The van der Waals surface area contributed by atoms with Gasteiger partial charge in [-0.1, -0.05) is 24.3 Å². The lowest BCUT2D eigenvalue weighted by molar-refractivity contribution is -0.119. The van der Waals surface area contributed by atoms with Crippen LogP contribution in [0, 0.1) is 12.7 Å². The van der Waals surface area contributed by atoms with Crippen LogP contribution in [0.2, 0.25) is 0 Å². The predicted molar refractivity (Wildman–Crippen MR) is 127 cm³/mol. The largest absolute Gasteiger partial charge is 0.324 e. The number of rotatable bonds is 5. The number of para-hydroxylation sites is 1. The Kier molecular flexibility index (Phi) is 5.29. The lowest BCUT2D eigenvalue weighted by Gasteiger charge is -2.15. The summed E-state index contributed by atoms with van der Waals surface area (Å²) in [7, 11) is 0. The first kappa shape index (κ1) is 21.3. The van der Waals surface area contributed by atoms with Crippen molar-refractivity contribution in [2.24, 2.45) is 0 Å². The molecular formula is C25H21FN6O2. The number of anilines is 1. The lowest BCUT2D eigenvalue weighted by Crippen LogP contribution is -2.34. The zero-order chi connectivity index (χ0) is 23.8. The van der Waals surface area contributed by atoms with Crippen molar-refractivity contribution >= 4 is 22.5 Å². The molecule has 1 atom stereocenters. The van der Waals surface area contributed by atoms with E-state index in [1.165, 1.54) is 18.2 Å². The van der Waals surface area contributed by atoms with Crippen LogP contribution in [-0.2, 0) is 4.79 Å². The highest BCUT2D eigenvalue weighted by atomic mass is 19.1. The Morgan fingerprint density at radius 3 is 2.44 bits per heavy atom. The van der Waals surface area contributed by atoms with E-state index < -0.39 is 23.3 Å². The number of hydrogen-bond acceptors (Lipinski definition) is 4. The number of amides is 1. The molecule has 0 bridgehead atoms. The molecule has 3 aromatic heterocycles. The average molecular weight is 456 g/mol. The maximum atomic E-state index is 13.7. The van der Waals surface area contributed by atoms with Gasteiger partial charge in [-0.05, 0) is 56.3 Å². The van der Waals surface area contributed by atoms with Crippen LogP contribution in [0.1, 0.15) is 18.7 Å². The van der Waals surface area contributed by atoms with E-state index in [4.69, 9.17) is 5.10 Å². The molecule has 0 fully saturated rings. The number of halogens is 1. The molecule has 0 spiro atoms. The Morgan fingerprint density at radius 1 is 1.00 bits per heavy atom. The number of aromatic nitrogens is 5. The number of carbonyl (C=O) groups excluding carboxylic acids is 1. The summed E-state index contributed by atoms with van der Waals surface area (Å²) in [6.07, 6.45) is 3.66. The van der Waals surface area contributed by atoms with Crippen molar-refractivity contribution in [1.29, 1.82) is 0 Å². The second-order valence-electron chi connectivity index (χ2n) is 7.90. The van der Waals surface area contributed by atoms with E-state index in [0.717, 1.165) is 10.4 Å². The van der Waals surface area contributed by atoms with Crippen LogP contribution in [0.15, 0.2) is 83.9 Å². The lowest BCUT2D eigenvalue weighted by atomic mass is 10.2. The molecule has 1 N–H and O–H groups in total. The van der Waals surface area contributed by atoms with Crippen molar-refractivity contribution < 1.29 is 9.18 Å². The van der Waals surface area contributed by atoms with E-state index in [0.29, 0.717) is 28.1 Å². The molecule has 170 valence electrons. The van der Waals surface area contributed by atoms with Gasteiger partial charge in [-0.15, -0.1) is 0 Å².